The minimum atomic E-state index is -1.73. The van der Waals surface area contributed by atoms with E-state index in [4.69, 9.17) is 0 Å². The normalized spacial score (nSPS) is 32.0. The molecule has 1 aliphatic heterocycles. The van der Waals surface area contributed by atoms with Crippen LogP contribution in [0, 0.1) is 0 Å². The second kappa shape index (κ2) is 4.26. The molecule has 0 bridgehead atoms. The first kappa shape index (κ1) is 12.9. The van der Waals surface area contributed by atoms with Gasteiger partial charge in [0.1, 0.15) is 11.9 Å². The maximum absolute atomic E-state index is 11.8. The number of phenols is 1. The lowest BCUT2D eigenvalue weighted by atomic mass is 9.94. The van der Waals surface area contributed by atoms with E-state index in [0.29, 0.717) is 6.42 Å². The third-order valence-corrected chi connectivity index (χ3v) is 3.57. The van der Waals surface area contributed by atoms with Gasteiger partial charge in [-0.05, 0) is 31.0 Å². The molecule has 0 radical (unpaired) electrons. The number of hydrogen-bond acceptors (Lipinski definition) is 4. The molecule has 0 spiro atoms. The molecule has 1 saturated heterocycles. The Bertz CT molecular complexity index is 455. The maximum atomic E-state index is 11.8. The standard InChI is InChI=1S/C13H17NO4/c1-13(18)11(16)10(14(2)12(13)17)7-8-3-5-9(15)6-4-8/h3-6,10-11,15-16,18H,7H2,1-2H3/t10-,11-,13+/m1/s1. The lowest BCUT2D eigenvalue weighted by Crippen LogP contribution is -2.43. The molecule has 1 aromatic carbocycles. The number of likely N-dealkylation sites (tertiary alicyclic amines) is 1. The lowest BCUT2D eigenvalue weighted by Gasteiger charge is -2.22. The Kier molecular flexibility index (Phi) is 3.04. The first-order valence-electron chi connectivity index (χ1n) is 5.79. The third-order valence-electron chi connectivity index (χ3n) is 3.57. The van der Waals surface area contributed by atoms with Crippen LogP contribution in [0.1, 0.15) is 12.5 Å². The zero-order valence-electron chi connectivity index (χ0n) is 10.4. The van der Waals surface area contributed by atoms with Gasteiger partial charge in [-0.15, -0.1) is 0 Å². The van der Waals surface area contributed by atoms with Crippen LogP contribution in [-0.2, 0) is 11.2 Å². The summed E-state index contributed by atoms with van der Waals surface area (Å²) >= 11 is 0. The highest BCUT2D eigenvalue weighted by Gasteiger charge is 2.53. The Morgan fingerprint density at radius 3 is 2.33 bits per heavy atom. The molecular weight excluding hydrogens is 234 g/mol. The van der Waals surface area contributed by atoms with Gasteiger partial charge >= 0.3 is 0 Å². The molecule has 1 heterocycles. The van der Waals surface area contributed by atoms with Crippen LogP contribution in [-0.4, -0.2) is 50.9 Å². The van der Waals surface area contributed by atoms with Gasteiger partial charge in [0.15, 0.2) is 5.60 Å². The van der Waals surface area contributed by atoms with Gasteiger partial charge in [0.2, 0.25) is 0 Å². The van der Waals surface area contributed by atoms with Crippen molar-refractivity contribution in [2.24, 2.45) is 0 Å². The van der Waals surface area contributed by atoms with E-state index in [-0.39, 0.29) is 5.75 Å². The topological polar surface area (TPSA) is 81.0 Å². The summed E-state index contributed by atoms with van der Waals surface area (Å²) in [5.74, 6) is -0.305. The Balaban J connectivity index is 2.19. The number of amides is 1. The number of carbonyl (C=O) groups is 1. The fourth-order valence-electron chi connectivity index (χ4n) is 2.34. The fourth-order valence-corrected chi connectivity index (χ4v) is 2.34. The predicted octanol–water partition coefficient (Wildman–Crippen LogP) is -0.113. The van der Waals surface area contributed by atoms with E-state index in [0.717, 1.165) is 5.56 Å². The quantitative estimate of drug-likeness (QED) is 0.685. The summed E-state index contributed by atoms with van der Waals surface area (Å²) in [7, 11) is 1.57. The van der Waals surface area contributed by atoms with Crippen LogP contribution in [0.2, 0.25) is 0 Å². The molecule has 0 aliphatic carbocycles. The van der Waals surface area contributed by atoms with E-state index in [1.54, 1.807) is 31.3 Å². The van der Waals surface area contributed by atoms with Crippen LogP contribution in [0.15, 0.2) is 24.3 Å². The highest BCUT2D eigenvalue weighted by Crippen LogP contribution is 2.29. The van der Waals surface area contributed by atoms with Crippen molar-refractivity contribution < 1.29 is 20.1 Å². The minimum Gasteiger partial charge on any atom is -0.508 e. The van der Waals surface area contributed by atoms with Crippen molar-refractivity contribution in [2.45, 2.75) is 31.1 Å². The van der Waals surface area contributed by atoms with Gasteiger partial charge in [0, 0.05) is 7.05 Å². The SMILES string of the molecule is CN1C(=O)[C@@](C)(O)[C@H](O)[C@H]1Cc1ccc(O)cc1. The van der Waals surface area contributed by atoms with Crippen LogP contribution in [0.5, 0.6) is 5.75 Å². The predicted molar refractivity (Wildman–Crippen MR) is 65.0 cm³/mol. The number of phenolic OH excluding ortho intramolecular Hbond substituents is 1. The fraction of sp³-hybridized carbons (Fsp3) is 0.462. The molecule has 1 fully saturated rings. The number of aromatic hydroxyl groups is 1. The van der Waals surface area contributed by atoms with Gasteiger partial charge in [0.05, 0.1) is 6.04 Å². The number of rotatable bonds is 2. The van der Waals surface area contributed by atoms with Crippen LogP contribution in [0.3, 0.4) is 0 Å². The molecule has 1 aromatic rings. The molecule has 1 aliphatic rings. The van der Waals surface area contributed by atoms with Crippen molar-refractivity contribution in [1.29, 1.82) is 0 Å². The Morgan fingerprint density at radius 2 is 1.89 bits per heavy atom. The van der Waals surface area contributed by atoms with E-state index >= 15 is 0 Å². The molecule has 5 nitrogen and oxygen atoms in total. The van der Waals surface area contributed by atoms with E-state index in [1.165, 1.54) is 11.8 Å². The number of benzene rings is 1. The molecule has 0 unspecified atom stereocenters. The lowest BCUT2D eigenvalue weighted by molar-refractivity contribution is -0.144. The smallest absolute Gasteiger partial charge is 0.257 e. The number of likely N-dealkylation sites (N-methyl/N-ethyl adjacent to an activating group) is 1. The van der Waals surface area contributed by atoms with Crippen molar-refractivity contribution in [3.05, 3.63) is 29.8 Å². The van der Waals surface area contributed by atoms with Crippen molar-refractivity contribution >= 4 is 5.91 Å². The molecule has 2 rings (SSSR count). The molecule has 18 heavy (non-hydrogen) atoms. The molecule has 5 heteroatoms. The van der Waals surface area contributed by atoms with E-state index in [9.17, 15) is 20.1 Å². The first-order chi connectivity index (χ1) is 8.34. The molecule has 0 aromatic heterocycles. The van der Waals surface area contributed by atoms with Crippen molar-refractivity contribution in [3.63, 3.8) is 0 Å². The zero-order valence-corrected chi connectivity index (χ0v) is 10.4. The van der Waals surface area contributed by atoms with Crippen molar-refractivity contribution in [2.75, 3.05) is 7.05 Å². The van der Waals surface area contributed by atoms with Crippen LogP contribution < -0.4 is 0 Å². The molecule has 3 N–H and O–H groups in total. The minimum absolute atomic E-state index is 0.169. The number of aliphatic hydroxyl groups excluding tert-OH is 1. The summed E-state index contributed by atoms with van der Waals surface area (Å²) in [5.41, 5.74) is -0.842. The highest BCUT2D eigenvalue weighted by molar-refractivity contribution is 5.88. The largest absolute Gasteiger partial charge is 0.508 e. The Hall–Kier alpha value is -1.59. The number of aliphatic hydroxyl groups is 2. The average Bonchev–Trinajstić information content (AvgIpc) is 2.47. The van der Waals surface area contributed by atoms with E-state index in [2.05, 4.69) is 0 Å². The van der Waals surface area contributed by atoms with E-state index < -0.39 is 23.7 Å². The Morgan fingerprint density at radius 1 is 1.33 bits per heavy atom. The molecule has 98 valence electrons. The number of hydrogen-bond donors (Lipinski definition) is 3. The van der Waals surface area contributed by atoms with Gasteiger partial charge in [-0.3, -0.25) is 4.79 Å². The average molecular weight is 251 g/mol. The zero-order chi connectivity index (χ0) is 13.5. The summed E-state index contributed by atoms with van der Waals surface area (Å²) in [6, 6.07) is 6.10. The summed E-state index contributed by atoms with van der Waals surface area (Å²) < 4.78 is 0. The van der Waals surface area contributed by atoms with Crippen LogP contribution >= 0.6 is 0 Å². The van der Waals surface area contributed by atoms with Crippen molar-refractivity contribution in [3.8, 4) is 5.75 Å². The summed E-state index contributed by atoms with van der Waals surface area (Å²) in [5, 5.41) is 29.1. The van der Waals surface area contributed by atoms with E-state index in [1.807, 2.05) is 0 Å². The summed E-state index contributed by atoms with van der Waals surface area (Å²) in [6.45, 7) is 1.33. The van der Waals surface area contributed by atoms with Gasteiger partial charge in [-0.1, -0.05) is 12.1 Å². The number of carbonyl (C=O) groups excluding carboxylic acids is 1. The summed E-state index contributed by atoms with van der Waals surface area (Å²) in [6.07, 6.45) is -0.691. The summed E-state index contributed by atoms with van der Waals surface area (Å²) in [4.78, 5) is 13.1. The second-order valence-corrected chi connectivity index (χ2v) is 4.95. The molecule has 1 amide bonds. The monoisotopic (exact) mass is 251 g/mol. The third kappa shape index (κ3) is 1.95. The molecule has 0 saturated carbocycles. The highest BCUT2D eigenvalue weighted by atomic mass is 16.4. The van der Waals surface area contributed by atoms with Gasteiger partial charge in [-0.2, -0.15) is 0 Å². The Labute approximate surface area is 105 Å². The maximum Gasteiger partial charge on any atom is 0.257 e. The molecular formula is C13H17NO4. The molecule has 3 atom stereocenters. The van der Waals surface area contributed by atoms with Crippen LogP contribution in [0.4, 0.5) is 0 Å². The second-order valence-electron chi connectivity index (χ2n) is 4.95. The van der Waals surface area contributed by atoms with Gasteiger partial charge in [-0.25, -0.2) is 0 Å². The van der Waals surface area contributed by atoms with Crippen molar-refractivity contribution in [1.82, 2.24) is 4.90 Å². The number of nitrogens with zero attached hydrogens (tertiary/aromatic N) is 1. The van der Waals surface area contributed by atoms with Crippen LogP contribution in [0.25, 0.3) is 0 Å². The first-order valence-corrected chi connectivity index (χ1v) is 5.79. The van der Waals surface area contributed by atoms with Gasteiger partial charge in [0.25, 0.3) is 5.91 Å². The van der Waals surface area contributed by atoms with Gasteiger partial charge < -0.3 is 20.2 Å².